The zero-order valence-corrected chi connectivity index (χ0v) is 12.9. The van der Waals surface area contributed by atoms with Crippen molar-refractivity contribution in [2.24, 2.45) is 5.10 Å². The topological polar surface area (TPSA) is 90.1 Å². The molecule has 0 spiro atoms. The van der Waals surface area contributed by atoms with E-state index >= 15 is 0 Å². The molecule has 0 radical (unpaired) electrons. The van der Waals surface area contributed by atoms with Crippen LogP contribution in [0.5, 0.6) is 0 Å². The largest absolute Gasteiger partial charge is 0.302 e. The number of carbonyl (C=O) groups is 1. The number of H-pyrrole nitrogens is 2. The summed E-state index contributed by atoms with van der Waals surface area (Å²) in [6.45, 7) is 6.46. The van der Waals surface area contributed by atoms with Gasteiger partial charge in [-0.3, -0.25) is 14.7 Å². The third-order valence-electron chi connectivity index (χ3n) is 3.18. The molecule has 1 heterocycles. The van der Waals surface area contributed by atoms with Gasteiger partial charge in [0.1, 0.15) is 0 Å². The Morgan fingerprint density at radius 2 is 1.91 bits per heavy atom. The van der Waals surface area contributed by atoms with Crippen molar-refractivity contribution < 1.29 is 4.79 Å². The fourth-order valence-corrected chi connectivity index (χ4v) is 1.93. The van der Waals surface area contributed by atoms with E-state index in [2.05, 4.69) is 41.5 Å². The van der Waals surface area contributed by atoms with E-state index in [0.717, 1.165) is 5.56 Å². The second-order valence-electron chi connectivity index (χ2n) is 6.13. The van der Waals surface area contributed by atoms with Crippen molar-refractivity contribution in [3.05, 3.63) is 57.5 Å². The predicted octanol–water partition coefficient (Wildman–Crippen LogP) is 1.69. The maximum absolute atomic E-state index is 11.6. The van der Waals surface area contributed by atoms with Crippen LogP contribution in [0.15, 0.2) is 40.2 Å². The summed E-state index contributed by atoms with van der Waals surface area (Å²) in [6, 6.07) is 9.36. The number of aromatic amines is 2. The summed E-state index contributed by atoms with van der Waals surface area (Å²) < 4.78 is 0. The Kier molecular flexibility index (Phi) is 4.60. The van der Waals surface area contributed by atoms with E-state index < -0.39 is 0 Å². The highest BCUT2D eigenvalue weighted by atomic mass is 16.2. The predicted molar refractivity (Wildman–Crippen MR) is 86.0 cm³/mol. The van der Waals surface area contributed by atoms with Gasteiger partial charge in [-0.25, -0.2) is 5.43 Å². The molecule has 1 aromatic carbocycles. The summed E-state index contributed by atoms with van der Waals surface area (Å²) in [6.07, 6.45) is 1.66. The van der Waals surface area contributed by atoms with E-state index in [4.69, 9.17) is 0 Å². The van der Waals surface area contributed by atoms with E-state index in [0.29, 0.717) is 5.69 Å². The van der Waals surface area contributed by atoms with Crippen LogP contribution in [0.2, 0.25) is 0 Å². The number of aromatic nitrogens is 2. The smallest absolute Gasteiger partial charge is 0.264 e. The summed E-state index contributed by atoms with van der Waals surface area (Å²) in [5, 5.41) is 8.90. The molecule has 0 saturated heterocycles. The van der Waals surface area contributed by atoms with Gasteiger partial charge in [-0.05, 0) is 16.5 Å². The van der Waals surface area contributed by atoms with Gasteiger partial charge in [-0.1, -0.05) is 45.0 Å². The van der Waals surface area contributed by atoms with Gasteiger partial charge in [0.25, 0.3) is 5.56 Å². The van der Waals surface area contributed by atoms with E-state index in [-0.39, 0.29) is 23.3 Å². The van der Waals surface area contributed by atoms with Crippen LogP contribution < -0.4 is 11.0 Å². The van der Waals surface area contributed by atoms with Gasteiger partial charge in [0.2, 0.25) is 5.91 Å². The molecule has 0 atom stereocenters. The average molecular weight is 300 g/mol. The molecule has 1 amide bonds. The van der Waals surface area contributed by atoms with Gasteiger partial charge in [0, 0.05) is 11.8 Å². The second kappa shape index (κ2) is 6.43. The maximum Gasteiger partial charge on any atom is 0.264 e. The quantitative estimate of drug-likeness (QED) is 0.592. The zero-order valence-electron chi connectivity index (χ0n) is 12.9. The molecule has 6 heteroatoms. The summed E-state index contributed by atoms with van der Waals surface area (Å²) in [7, 11) is 0. The molecule has 2 rings (SSSR count). The minimum Gasteiger partial charge on any atom is -0.302 e. The van der Waals surface area contributed by atoms with E-state index in [1.54, 1.807) is 6.21 Å². The molecule has 3 N–H and O–H groups in total. The summed E-state index contributed by atoms with van der Waals surface area (Å²) in [5.41, 5.74) is 4.95. The molecular weight excluding hydrogens is 280 g/mol. The number of hydrogen-bond donors (Lipinski definition) is 3. The van der Waals surface area contributed by atoms with E-state index in [9.17, 15) is 9.59 Å². The molecule has 1 aromatic heterocycles. The molecule has 0 saturated carbocycles. The average Bonchev–Trinajstić information content (AvgIpc) is 2.83. The van der Waals surface area contributed by atoms with Crippen molar-refractivity contribution in [2.75, 3.05) is 0 Å². The Hall–Kier alpha value is -2.63. The van der Waals surface area contributed by atoms with Crippen LogP contribution in [-0.2, 0) is 16.6 Å². The summed E-state index contributed by atoms with van der Waals surface area (Å²) in [5.74, 6) is -0.294. The molecule has 0 fully saturated rings. The van der Waals surface area contributed by atoms with Gasteiger partial charge in [0.15, 0.2) is 0 Å². The lowest BCUT2D eigenvalue weighted by Crippen LogP contribution is -2.20. The fraction of sp³-hybridized carbons (Fsp3) is 0.312. The van der Waals surface area contributed by atoms with Crippen LogP contribution in [-0.4, -0.2) is 22.3 Å². The van der Waals surface area contributed by atoms with Crippen molar-refractivity contribution in [1.82, 2.24) is 15.6 Å². The molecule has 116 valence electrons. The third kappa shape index (κ3) is 4.44. The van der Waals surface area contributed by atoms with Crippen LogP contribution in [0.3, 0.4) is 0 Å². The van der Waals surface area contributed by atoms with Crippen LogP contribution >= 0.6 is 0 Å². The number of nitrogens with zero attached hydrogens (tertiary/aromatic N) is 1. The number of carbonyl (C=O) groups excluding carboxylic acids is 1. The molecule has 22 heavy (non-hydrogen) atoms. The molecule has 0 unspecified atom stereocenters. The number of hydrogen-bond acceptors (Lipinski definition) is 3. The van der Waals surface area contributed by atoms with Crippen molar-refractivity contribution in [1.29, 1.82) is 0 Å². The van der Waals surface area contributed by atoms with Crippen molar-refractivity contribution in [3.63, 3.8) is 0 Å². The highest BCUT2D eigenvalue weighted by Crippen LogP contribution is 2.21. The minimum absolute atomic E-state index is 0.0685. The van der Waals surface area contributed by atoms with Gasteiger partial charge < -0.3 is 5.10 Å². The van der Waals surface area contributed by atoms with Crippen molar-refractivity contribution in [3.8, 4) is 0 Å². The Labute approximate surface area is 128 Å². The Morgan fingerprint density at radius 3 is 2.45 bits per heavy atom. The van der Waals surface area contributed by atoms with Gasteiger partial charge in [-0.2, -0.15) is 5.10 Å². The first-order chi connectivity index (χ1) is 10.3. The lowest BCUT2D eigenvalue weighted by molar-refractivity contribution is -0.120. The minimum atomic E-state index is -0.294. The van der Waals surface area contributed by atoms with Crippen LogP contribution in [0.25, 0.3) is 0 Å². The number of amides is 1. The fourth-order valence-electron chi connectivity index (χ4n) is 1.93. The standard InChI is InChI=1S/C16H20N4O2/c1-16(2,3)12-6-4-11(5-7-12)10-17-19-14(21)8-13-9-15(22)20-18-13/h4-7,9-10H,8H2,1-3H3,(H,19,21)(H2,18,20,22). The zero-order chi connectivity index (χ0) is 16.2. The monoisotopic (exact) mass is 300 g/mol. The molecular formula is C16H20N4O2. The van der Waals surface area contributed by atoms with Crippen molar-refractivity contribution >= 4 is 12.1 Å². The van der Waals surface area contributed by atoms with Crippen LogP contribution in [0, 0.1) is 0 Å². The normalized spacial score (nSPS) is 11.8. The number of benzene rings is 1. The molecule has 6 nitrogen and oxygen atoms in total. The maximum atomic E-state index is 11.6. The number of nitrogens with one attached hydrogen (secondary N) is 3. The highest BCUT2D eigenvalue weighted by Gasteiger charge is 2.12. The van der Waals surface area contributed by atoms with Gasteiger partial charge in [-0.15, -0.1) is 0 Å². The molecule has 0 aliphatic carbocycles. The number of hydrazone groups is 1. The molecule has 0 bridgehead atoms. The first-order valence-corrected chi connectivity index (χ1v) is 7.03. The lowest BCUT2D eigenvalue weighted by Gasteiger charge is -2.18. The summed E-state index contributed by atoms with van der Waals surface area (Å²) >= 11 is 0. The second-order valence-corrected chi connectivity index (χ2v) is 6.13. The van der Waals surface area contributed by atoms with Crippen LogP contribution in [0.4, 0.5) is 0 Å². The Bertz CT molecular complexity index is 718. The van der Waals surface area contributed by atoms with Gasteiger partial charge in [0.05, 0.1) is 12.6 Å². The first-order valence-electron chi connectivity index (χ1n) is 7.03. The first kappa shape index (κ1) is 15.8. The van der Waals surface area contributed by atoms with E-state index in [1.165, 1.54) is 11.6 Å². The van der Waals surface area contributed by atoms with Crippen molar-refractivity contribution in [2.45, 2.75) is 32.6 Å². The SMILES string of the molecule is CC(C)(C)c1ccc(C=NNC(=O)Cc2cc(=O)[nH][nH]2)cc1. The highest BCUT2D eigenvalue weighted by molar-refractivity contribution is 5.83. The molecule has 0 aliphatic rings. The molecule has 2 aromatic rings. The Balaban J connectivity index is 1.89. The Morgan fingerprint density at radius 1 is 1.23 bits per heavy atom. The lowest BCUT2D eigenvalue weighted by atomic mass is 9.87. The van der Waals surface area contributed by atoms with E-state index in [1.807, 2.05) is 24.3 Å². The van der Waals surface area contributed by atoms with Crippen LogP contribution in [0.1, 0.15) is 37.6 Å². The van der Waals surface area contributed by atoms with Gasteiger partial charge >= 0.3 is 0 Å². The molecule has 0 aliphatic heterocycles. The third-order valence-corrected chi connectivity index (χ3v) is 3.18. The number of rotatable bonds is 4. The summed E-state index contributed by atoms with van der Waals surface area (Å²) in [4.78, 5) is 22.6.